The summed E-state index contributed by atoms with van der Waals surface area (Å²) in [7, 11) is 0. The minimum Gasteiger partial charge on any atom is -0.490 e. The van der Waals surface area contributed by atoms with Gasteiger partial charge in [-0.05, 0) is 18.9 Å². The molecule has 0 radical (unpaired) electrons. The molecule has 1 unspecified atom stereocenters. The van der Waals surface area contributed by atoms with E-state index in [2.05, 4.69) is 5.32 Å². The number of thiophene rings is 1. The number of nitrogens with one attached hydrogen (secondary N) is 1. The third kappa shape index (κ3) is 2.81. The molecule has 1 aliphatic rings. The smallest absolute Gasteiger partial charge is 0.349 e. The Morgan fingerprint density at radius 1 is 1.67 bits per heavy atom. The second-order valence-electron chi connectivity index (χ2n) is 4.18. The third-order valence-electron chi connectivity index (χ3n) is 2.82. The lowest BCUT2D eigenvalue weighted by Gasteiger charge is -2.11. The summed E-state index contributed by atoms with van der Waals surface area (Å²) in [6.07, 6.45) is 2.05. The van der Waals surface area contributed by atoms with Gasteiger partial charge < -0.3 is 15.2 Å². The van der Waals surface area contributed by atoms with Crippen LogP contribution in [-0.4, -0.2) is 29.6 Å². The lowest BCUT2D eigenvalue weighted by atomic mass is 10.2. The van der Waals surface area contributed by atoms with Crippen molar-refractivity contribution in [1.82, 2.24) is 5.32 Å². The average molecular weight is 269 g/mol. The van der Waals surface area contributed by atoms with E-state index in [1.165, 1.54) is 11.3 Å². The van der Waals surface area contributed by atoms with E-state index in [9.17, 15) is 9.59 Å². The second kappa shape index (κ2) is 5.39. The van der Waals surface area contributed by atoms with Gasteiger partial charge in [-0.2, -0.15) is 0 Å². The highest BCUT2D eigenvalue weighted by Gasteiger charge is 2.23. The Hall–Kier alpha value is -1.56. The Kier molecular flexibility index (Phi) is 3.86. The Balaban J connectivity index is 2.01. The number of amides is 1. The molecule has 1 aromatic heterocycles. The van der Waals surface area contributed by atoms with Crippen molar-refractivity contribution < 1.29 is 19.4 Å². The molecule has 1 aromatic rings. The first kappa shape index (κ1) is 12.9. The molecule has 5 nitrogen and oxygen atoms in total. The Bertz CT molecular complexity index is 469. The highest BCUT2D eigenvalue weighted by Crippen LogP contribution is 2.30. The van der Waals surface area contributed by atoms with Crippen LogP contribution in [0.1, 0.15) is 34.3 Å². The van der Waals surface area contributed by atoms with Gasteiger partial charge in [0.15, 0.2) is 4.88 Å². The molecule has 1 amide bonds. The van der Waals surface area contributed by atoms with Crippen LogP contribution < -0.4 is 10.1 Å². The molecule has 2 N–H and O–H groups in total. The van der Waals surface area contributed by atoms with Crippen LogP contribution in [0.5, 0.6) is 5.75 Å². The zero-order chi connectivity index (χ0) is 13.1. The SMILES string of the molecule is CCc1cc(OCC2CCC(=O)N2)c(C(=O)O)s1. The number of aryl methyl sites for hydroxylation is 1. The number of carboxylic acid groups (broad SMARTS) is 1. The van der Waals surface area contributed by atoms with Crippen molar-refractivity contribution in [3.8, 4) is 5.75 Å². The maximum absolute atomic E-state index is 11.1. The molecule has 0 bridgehead atoms. The van der Waals surface area contributed by atoms with Crippen LogP contribution in [0.15, 0.2) is 6.07 Å². The predicted molar refractivity (Wildman–Crippen MR) is 67.3 cm³/mol. The number of carbonyl (C=O) groups excluding carboxylic acids is 1. The van der Waals surface area contributed by atoms with Crippen LogP contribution >= 0.6 is 11.3 Å². The fraction of sp³-hybridized carbons (Fsp3) is 0.500. The van der Waals surface area contributed by atoms with Crippen LogP contribution in [0.25, 0.3) is 0 Å². The van der Waals surface area contributed by atoms with Crippen molar-refractivity contribution in [2.24, 2.45) is 0 Å². The van der Waals surface area contributed by atoms with Gasteiger partial charge in [0, 0.05) is 11.3 Å². The quantitative estimate of drug-likeness (QED) is 0.852. The molecule has 98 valence electrons. The lowest BCUT2D eigenvalue weighted by Crippen LogP contribution is -2.31. The fourth-order valence-corrected chi connectivity index (χ4v) is 2.72. The number of rotatable bonds is 5. The van der Waals surface area contributed by atoms with E-state index in [1.54, 1.807) is 6.07 Å². The number of carbonyl (C=O) groups is 2. The molecule has 1 atom stereocenters. The molecule has 1 aliphatic heterocycles. The summed E-state index contributed by atoms with van der Waals surface area (Å²) in [5.74, 6) is -0.530. The number of hydrogen-bond donors (Lipinski definition) is 2. The highest BCUT2D eigenvalue weighted by atomic mass is 32.1. The molecule has 0 aromatic carbocycles. The molecule has 0 spiro atoms. The van der Waals surface area contributed by atoms with Gasteiger partial charge in [0.05, 0.1) is 6.04 Å². The summed E-state index contributed by atoms with van der Waals surface area (Å²) in [4.78, 5) is 23.3. The van der Waals surface area contributed by atoms with E-state index in [0.29, 0.717) is 18.8 Å². The van der Waals surface area contributed by atoms with E-state index < -0.39 is 5.97 Å². The monoisotopic (exact) mass is 269 g/mol. The van der Waals surface area contributed by atoms with Crippen molar-refractivity contribution in [3.05, 3.63) is 15.8 Å². The topological polar surface area (TPSA) is 75.6 Å². The van der Waals surface area contributed by atoms with E-state index in [1.807, 2.05) is 6.92 Å². The molecule has 6 heteroatoms. The standard InChI is InChI=1S/C12H15NO4S/c1-2-8-5-9(11(18-8)12(15)16)17-6-7-3-4-10(14)13-7/h5,7H,2-4,6H2,1H3,(H,13,14)(H,15,16). The fourth-order valence-electron chi connectivity index (χ4n) is 1.85. The van der Waals surface area contributed by atoms with Gasteiger partial charge >= 0.3 is 5.97 Å². The van der Waals surface area contributed by atoms with Crippen molar-refractivity contribution in [1.29, 1.82) is 0 Å². The largest absolute Gasteiger partial charge is 0.490 e. The molecule has 0 aliphatic carbocycles. The summed E-state index contributed by atoms with van der Waals surface area (Å²) in [5.41, 5.74) is 0. The minimum atomic E-state index is -0.967. The Labute approximate surface area is 109 Å². The van der Waals surface area contributed by atoms with Crippen molar-refractivity contribution in [2.45, 2.75) is 32.2 Å². The van der Waals surface area contributed by atoms with Crippen LogP contribution in [-0.2, 0) is 11.2 Å². The van der Waals surface area contributed by atoms with Gasteiger partial charge in [-0.3, -0.25) is 4.79 Å². The van der Waals surface area contributed by atoms with Crippen molar-refractivity contribution >= 4 is 23.2 Å². The molecule has 1 fully saturated rings. The first-order valence-electron chi connectivity index (χ1n) is 5.88. The number of carboxylic acids is 1. The van der Waals surface area contributed by atoms with Crippen molar-refractivity contribution in [3.63, 3.8) is 0 Å². The average Bonchev–Trinajstić information content (AvgIpc) is 2.92. The number of aromatic carboxylic acids is 1. The first-order valence-corrected chi connectivity index (χ1v) is 6.70. The van der Waals surface area contributed by atoms with Crippen LogP contribution in [0.3, 0.4) is 0 Å². The van der Waals surface area contributed by atoms with Gasteiger partial charge in [0.1, 0.15) is 12.4 Å². The second-order valence-corrected chi connectivity index (χ2v) is 5.32. The van der Waals surface area contributed by atoms with Gasteiger partial charge in [0.2, 0.25) is 5.91 Å². The summed E-state index contributed by atoms with van der Waals surface area (Å²) in [6.45, 7) is 2.30. The third-order valence-corrected chi connectivity index (χ3v) is 4.07. The molecule has 18 heavy (non-hydrogen) atoms. The predicted octanol–water partition coefficient (Wildman–Crippen LogP) is 1.67. The maximum Gasteiger partial charge on any atom is 0.349 e. The van der Waals surface area contributed by atoms with Gasteiger partial charge in [-0.15, -0.1) is 11.3 Å². The van der Waals surface area contributed by atoms with E-state index in [-0.39, 0.29) is 16.8 Å². The zero-order valence-electron chi connectivity index (χ0n) is 10.1. The maximum atomic E-state index is 11.1. The summed E-state index contributed by atoms with van der Waals surface area (Å²) in [5, 5.41) is 11.9. The molecule has 0 saturated carbocycles. The Morgan fingerprint density at radius 2 is 2.44 bits per heavy atom. The summed E-state index contributed by atoms with van der Waals surface area (Å²) >= 11 is 1.24. The van der Waals surface area contributed by atoms with Gasteiger partial charge in [-0.25, -0.2) is 4.79 Å². The molecule has 2 rings (SSSR count). The van der Waals surface area contributed by atoms with Crippen LogP contribution in [0.2, 0.25) is 0 Å². The van der Waals surface area contributed by atoms with Gasteiger partial charge in [0.25, 0.3) is 0 Å². The summed E-state index contributed by atoms with van der Waals surface area (Å²) < 4.78 is 5.53. The van der Waals surface area contributed by atoms with E-state index >= 15 is 0 Å². The molecule has 1 saturated heterocycles. The number of ether oxygens (including phenoxy) is 1. The molecule has 2 heterocycles. The highest BCUT2D eigenvalue weighted by molar-refractivity contribution is 7.14. The molecular weight excluding hydrogens is 254 g/mol. The van der Waals surface area contributed by atoms with Gasteiger partial charge in [-0.1, -0.05) is 6.92 Å². The van der Waals surface area contributed by atoms with E-state index in [4.69, 9.17) is 9.84 Å². The lowest BCUT2D eigenvalue weighted by molar-refractivity contribution is -0.119. The van der Waals surface area contributed by atoms with Crippen LogP contribution in [0, 0.1) is 0 Å². The Morgan fingerprint density at radius 3 is 3.00 bits per heavy atom. The van der Waals surface area contributed by atoms with Crippen molar-refractivity contribution in [2.75, 3.05) is 6.61 Å². The number of hydrogen-bond acceptors (Lipinski definition) is 4. The summed E-state index contributed by atoms with van der Waals surface area (Å²) in [6, 6.07) is 1.76. The first-order chi connectivity index (χ1) is 8.60. The normalized spacial score (nSPS) is 18.7. The van der Waals surface area contributed by atoms with Crippen LogP contribution in [0.4, 0.5) is 0 Å². The minimum absolute atomic E-state index is 0.0101. The van der Waals surface area contributed by atoms with E-state index in [0.717, 1.165) is 17.7 Å². The molecular formula is C12H15NO4S. The zero-order valence-corrected chi connectivity index (χ0v) is 10.9.